The molecule has 2 atom stereocenters. The molecule has 1 aliphatic heterocycles. The number of nitrogens with zero attached hydrogens (tertiary/aromatic N) is 1. The predicted molar refractivity (Wildman–Crippen MR) is 68.3 cm³/mol. The van der Waals surface area contributed by atoms with Crippen molar-refractivity contribution in [1.29, 1.82) is 0 Å². The minimum Gasteiger partial charge on any atom is -0.481 e. The monoisotopic (exact) mass is 249 g/mol. The van der Waals surface area contributed by atoms with E-state index in [-0.39, 0.29) is 18.6 Å². The molecule has 1 aromatic carbocycles. The van der Waals surface area contributed by atoms with E-state index in [1.54, 1.807) is 0 Å². The Balaban J connectivity index is 2.06. The number of morpholine rings is 1. The quantitative estimate of drug-likeness (QED) is 0.883. The van der Waals surface area contributed by atoms with Crippen molar-refractivity contribution in [3.63, 3.8) is 0 Å². The number of carboxylic acid groups (broad SMARTS) is 1. The summed E-state index contributed by atoms with van der Waals surface area (Å²) < 4.78 is 5.55. The van der Waals surface area contributed by atoms with E-state index in [1.165, 1.54) is 5.56 Å². The molecule has 1 aromatic rings. The van der Waals surface area contributed by atoms with Gasteiger partial charge < -0.3 is 9.84 Å². The van der Waals surface area contributed by atoms with Crippen LogP contribution in [-0.4, -0.2) is 41.3 Å². The number of aliphatic carboxylic acids is 1. The maximum Gasteiger partial charge on any atom is 0.305 e. The second-order valence-corrected chi connectivity index (χ2v) is 4.70. The molecule has 1 N–H and O–H groups in total. The molecule has 4 nitrogen and oxygen atoms in total. The first kappa shape index (κ1) is 13.1. The second-order valence-electron chi connectivity index (χ2n) is 4.70. The first-order chi connectivity index (χ1) is 8.66. The van der Waals surface area contributed by atoms with E-state index in [9.17, 15) is 4.79 Å². The molecule has 2 rings (SSSR count). The van der Waals surface area contributed by atoms with Gasteiger partial charge in [-0.1, -0.05) is 30.3 Å². The Kier molecular flexibility index (Phi) is 4.33. The number of ether oxygens (including phenoxy) is 1. The zero-order valence-electron chi connectivity index (χ0n) is 10.6. The highest BCUT2D eigenvalue weighted by atomic mass is 16.5. The summed E-state index contributed by atoms with van der Waals surface area (Å²) in [5.41, 5.74) is 1.21. The Labute approximate surface area is 107 Å². The van der Waals surface area contributed by atoms with Gasteiger partial charge in [-0.2, -0.15) is 0 Å². The fraction of sp³-hybridized carbons (Fsp3) is 0.500. The fourth-order valence-electron chi connectivity index (χ4n) is 2.42. The van der Waals surface area contributed by atoms with Crippen LogP contribution in [0, 0.1) is 0 Å². The highest BCUT2D eigenvalue weighted by molar-refractivity contribution is 5.67. The summed E-state index contributed by atoms with van der Waals surface area (Å²) >= 11 is 0. The lowest BCUT2D eigenvalue weighted by Crippen LogP contribution is -2.50. The van der Waals surface area contributed by atoms with Crippen LogP contribution in [0.5, 0.6) is 0 Å². The molecule has 0 radical (unpaired) electrons. The molecular formula is C14H19NO3. The molecule has 1 aliphatic rings. The predicted octanol–water partition coefficient (Wildman–Crippen LogP) is 1.75. The molecule has 18 heavy (non-hydrogen) atoms. The van der Waals surface area contributed by atoms with E-state index < -0.39 is 5.97 Å². The SMILES string of the molecule is CC1OCCN(Cc2ccccc2)C1CC(=O)O. The number of carboxylic acids is 1. The van der Waals surface area contributed by atoms with Gasteiger partial charge in [0.1, 0.15) is 0 Å². The first-order valence-corrected chi connectivity index (χ1v) is 6.28. The number of hydrogen-bond acceptors (Lipinski definition) is 3. The van der Waals surface area contributed by atoms with Crippen molar-refractivity contribution in [3.05, 3.63) is 35.9 Å². The third kappa shape index (κ3) is 3.31. The summed E-state index contributed by atoms with van der Waals surface area (Å²) in [7, 11) is 0. The van der Waals surface area contributed by atoms with E-state index in [0.29, 0.717) is 6.61 Å². The van der Waals surface area contributed by atoms with Gasteiger partial charge in [0, 0.05) is 19.1 Å². The van der Waals surface area contributed by atoms with E-state index in [0.717, 1.165) is 13.1 Å². The van der Waals surface area contributed by atoms with Gasteiger partial charge in [0.2, 0.25) is 0 Å². The Morgan fingerprint density at radius 2 is 2.17 bits per heavy atom. The molecule has 0 amide bonds. The lowest BCUT2D eigenvalue weighted by atomic mass is 10.0. The van der Waals surface area contributed by atoms with Crippen LogP contribution in [0.25, 0.3) is 0 Å². The van der Waals surface area contributed by atoms with Crippen LogP contribution in [0.2, 0.25) is 0 Å². The van der Waals surface area contributed by atoms with Crippen molar-refractivity contribution >= 4 is 5.97 Å². The Bertz CT molecular complexity index is 393. The molecule has 0 spiro atoms. The average Bonchev–Trinajstić information content (AvgIpc) is 2.34. The molecule has 2 unspecified atom stereocenters. The Morgan fingerprint density at radius 1 is 1.44 bits per heavy atom. The average molecular weight is 249 g/mol. The summed E-state index contributed by atoms with van der Waals surface area (Å²) in [5.74, 6) is -0.768. The molecule has 0 bridgehead atoms. The Hall–Kier alpha value is -1.39. The topological polar surface area (TPSA) is 49.8 Å². The highest BCUT2D eigenvalue weighted by Crippen LogP contribution is 2.19. The maximum absolute atomic E-state index is 10.9. The third-order valence-corrected chi connectivity index (χ3v) is 3.38. The van der Waals surface area contributed by atoms with Crippen molar-refractivity contribution < 1.29 is 14.6 Å². The summed E-state index contributed by atoms with van der Waals surface area (Å²) in [6.45, 7) is 4.19. The molecule has 0 aromatic heterocycles. The molecule has 0 saturated carbocycles. The van der Waals surface area contributed by atoms with Crippen molar-refractivity contribution in [2.24, 2.45) is 0 Å². The minimum absolute atomic E-state index is 0.0291. The summed E-state index contributed by atoms with van der Waals surface area (Å²) in [5, 5.41) is 8.99. The standard InChI is InChI=1S/C14H19NO3/c1-11-13(9-14(16)17)15(7-8-18-11)10-12-5-3-2-4-6-12/h2-6,11,13H,7-10H2,1H3,(H,16,17). The largest absolute Gasteiger partial charge is 0.481 e. The second kappa shape index (κ2) is 5.98. The molecule has 4 heteroatoms. The molecule has 0 aliphatic carbocycles. The van der Waals surface area contributed by atoms with Gasteiger partial charge in [-0.25, -0.2) is 0 Å². The number of benzene rings is 1. The normalized spacial score (nSPS) is 24.9. The Morgan fingerprint density at radius 3 is 2.83 bits per heavy atom. The molecule has 1 fully saturated rings. The van der Waals surface area contributed by atoms with E-state index in [4.69, 9.17) is 9.84 Å². The summed E-state index contributed by atoms with van der Waals surface area (Å²) in [4.78, 5) is 13.1. The third-order valence-electron chi connectivity index (χ3n) is 3.38. The first-order valence-electron chi connectivity index (χ1n) is 6.28. The zero-order valence-corrected chi connectivity index (χ0v) is 10.6. The van der Waals surface area contributed by atoms with Crippen LogP contribution in [0.3, 0.4) is 0 Å². The van der Waals surface area contributed by atoms with Crippen molar-refractivity contribution in [2.45, 2.75) is 32.0 Å². The highest BCUT2D eigenvalue weighted by Gasteiger charge is 2.30. The molecule has 1 saturated heterocycles. The van der Waals surface area contributed by atoms with Crippen LogP contribution < -0.4 is 0 Å². The van der Waals surface area contributed by atoms with Crippen LogP contribution >= 0.6 is 0 Å². The summed E-state index contributed by atoms with van der Waals surface area (Å²) in [6.07, 6.45) is 0.104. The minimum atomic E-state index is -0.768. The lowest BCUT2D eigenvalue weighted by Gasteiger charge is -2.39. The van der Waals surface area contributed by atoms with Gasteiger partial charge in [-0.15, -0.1) is 0 Å². The smallest absolute Gasteiger partial charge is 0.305 e. The van der Waals surface area contributed by atoms with Crippen LogP contribution in [0.1, 0.15) is 18.9 Å². The van der Waals surface area contributed by atoms with Gasteiger partial charge in [0.05, 0.1) is 19.1 Å². The van der Waals surface area contributed by atoms with Gasteiger partial charge in [0.15, 0.2) is 0 Å². The van der Waals surface area contributed by atoms with Gasteiger partial charge in [-0.3, -0.25) is 9.69 Å². The number of rotatable bonds is 4. The van der Waals surface area contributed by atoms with Crippen molar-refractivity contribution in [3.8, 4) is 0 Å². The maximum atomic E-state index is 10.9. The van der Waals surface area contributed by atoms with E-state index >= 15 is 0 Å². The van der Waals surface area contributed by atoms with Crippen molar-refractivity contribution in [1.82, 2.24) is 4.90 Å². The van der Waals surface area contributed by atoms with E-state index in [1.807, 2.05) is 25.1 Å². The van der Waals surface area contributed by atoms with Gasteiger partial charge >= 0.3 is 5.97 Å². The van der Waals surface area contributed by atoms with Gasteiger partial charge in [-0.05, 0) is 12.5 Å². The molecular weight excluding hydrogens is 230 g/mol. The molecule has 1 heterocycles. The van der Waals surface area contributed by atoms with Crippen molar-refractivity contribution in [2.75, 3.05) is 13.2 Å². The van der Waals surface area contributed by atoms with Crippen LogP contribution in [-0.2, 0) is 16.1 Å². The number of carbonyl (C=O) groups is 1. The molecule has 98 valence electrons. The van der Waals surface area contributed by atoms with Gasteiger partial charge in [0.25, 0.3) is 0 Å². The van der Waals surface area contributed by atoms with E-state index in [2.05, 4.69) is 17.0 Å². The fourth-order valence-corrected chi connectivity index (χ4v) is 2.42. The summed E-state index contributed by atoms with van der Waals surface area (Å²) in [6, 6.07) is 10.1. The van der Waals surface area contributed by atoms with Crippen LogP contribution in [0.15, 0.2) is 30.3 Å². The van der Waals surface area contributed by atoms with Crippen LogP contribution in [0.4, 0.5) is 0 Å². The zero-order chi connectivity index (χ0) is 13.0. The number of hydrogen-bond donors (Lipinski definition) is 1. The lowest BCUT2D eigenvalue weighted by molar-refractivity contribution is -0.142.